The van der Waals surface area contributed by atoms with E-state index < -0.39 is 11.9 Å². The van der Waals surface area contributed by atoms with Crippen LogP contribution in [0.3, 0.4) is 0 Å². The third-order valence-electron chi connectivity index (χ3n) is 4.53. The molecule has 0 aliphatic carbocycles. The van der Waals surface area contributed by atoms with Crippen molar-refractivity contribution in [3.63, 3.8) is 0 Å². The summed E-state index contributed by atoms with van der Waals surface area (Å²) in [5.74, 6) is -0.174. The van der Waals surface area contributed by atoms with Crippen molar-refractivity contribution in [1.82, 2.24) is 20.1 Å². The van der Waals surface area contributed by atoms with E-state index in [9.17, 15) is 18.0 Å². The minimum atomic E-state index is -4.51. The minimum absolute atomic E-state index is 0.00613. The Bertz CT molecular complexity index is 992. The van der Waals surface area contributed by atoms with Crippen molar-refractivity contribution >= 4 is 17.1 Å². The molecule has 3 aromatic rings. The molecule has 0 amide bonds. The molecule has 1 atom stereocenters. The molecule has 10 heteroatoms. The monoisotopic (exact) mass is 422 g/mol. The normalized spacial score (nSPS) is 17.4. The average molecular weight is 422 g/mol. The highest BCUT2D eigenvalue weighted by atomic mass is 32.1. The van der Waals surface area contributed by atoms with Crippen molar-refractivity contribution in [2.45, 2.75) is 18.7 Å². The number of carbonyl (C=O) groups excluding carboxylic acids is 1. The second-order valence-corrected chi connectivity index (χ2v) is 7.43. The van der Waals surface area contributed by atoms with E-state index in [-0.39, 0.29) is 23.4 Å². The van der Waals surface area contributed by atoms with E-state index >= 15 is 0 Å². The van der Waals surface area contributed by atoms with Crippen molar-refractivity contribution in [2.75, 3.05) is 19.7 Å². The number of carbonyl (C=O) groups is 1. The molecule has 6 nitrogen and oxygen atoms in total. The molecule has 1 aromatic carbocycles. The van der Waals surface area contributed by atoms with E-state index in [1.165, 1.54) is 17.1 Å². The van der Waals surface area contributed by atoms with E-state index in [1.54, 1.807) is 0 Å². The highest BCUT2D eigenvalue weighted by Gasteiger charge is 2.34. The Kier molecular flexibility index (Phi) is 5.48. The van der Waals surface area contributed by atoms with Crippen molar-refractivity contribution in [3.05, 3.63) is 64.4 Å². The number of benzene rings is 1. The molecule has 0 radical (unpaired) electrons. The van der Waals surface area contributed by atoms with E-state index in [0.717, 1.165) is 40.9 Å². The van der Waals surface area contributed by atoms with Crippen LogP contribution in [0.1, 0.15) is 33.3 Å². The van der Waals surface area contributed by atoms with Gasteiger partial charge in [0.15, 0.2) is 11.5 Å². The van der Waals surface area contributed by atoms with Gasteiger partial charge in [0, 0.05) is 31.1 Å². The number of hydrogen-bond acceptors (Lipinski definition) is 6. The van der Waals surface area contributed by atoms with E-state index in [2.05, 4.69) is 15.4 Å². The topological polar surface area (TPSA) is 69.0 Å². The van der Waals surface area contributed by atoms with Crippen molar-refractivity contribution in [1.29, 1.82) is 0 Å². The number of hydrogen-bond donors (Lipinski definition) is 1. The number of nitrogens with zero attached hydrogens (tertiary/aromatic N) is 3. The van der Waals surface area contributed by atoms with Crippen LogP contribution in [0.4, 0.5) is 13.2 Å². The molecule has 152 valence electrons. The number of morpholine rings is 1. The van der Waals surface area contributed by atoms with Crippen molar-refractivity contribution in [2.24, 2.45) is 0 Å². The summed E-state index contributed by atoms with van der Waals surface area (Å²) >= 11 is 0.815. The van der Waals surface area contributed by atoms with Crippen LogP contribution in [0, 0.1) is 0 Å². The smallest absolute Gasteiger partial charge is 0.371 e. The van der Waals surface area contributed by atoms with Gasteiger partial charge in [-0.2, -0.15) is 18.3 Å². The van der Waals surface area contributed by atoms with Gasteiger partial charge in [-0.15, -0.1) is 11.3 Å². The minimum Gasteiger partial charge on any atom is -0.371 e. The summed E-state index contributed by atoms with van der Waals surface area (Å²) in [5, 5.41) is 8.22. The van der Waals surface area contributed by atoms with Crippen LogP contribution in [0.15, 0.2) is 42.0 Å². The molecular formula is C19H17F3N4O2S. The molecule has 0 saturated carbocycles. The summed E-state index contributed by atoms with van der Waals surface area (Å²) in [6.07, 6.45) is -1.59. The van der Waals surface area contributed by atoms with Crippen LogP contribution in [0.2, 0.25) is 0 Å². The van der Waals surface area contributed by atoms with Gasteiger partial charge in [0.2, 0.25) is 5.13 Å². The molecule has 2 aromatic heterocycles. The third-order valence-corrected chi connectivity index (χ3v) is 5.36. The highest BCUT2D eigenvalue weighted by molar-refractivity contribution is 7.12. The van der Waals surface area contributed by atoms with Gasteiger partial charge in [0.25, 0.3) is 0 Å². The molecule has 1 aliphatic rings. The second kappa shape index (κ2) is 8.05. The Morgan fingerprint density at radius 3 is 2.76 bits per heavy atom. The third kappa shape index (κ3) is 4.55. The zero-order valence-electron chi connectivity index (χ0n) is 15.1. The lowest BCUT2D eigenvalue weighted by molar-refractivity contribution is -0.140. The Labute approximate surface area is 168 Å². The van der Waals surface area contributed by atoms with Crippen LogP contribution in [0.25, 0.3) is 5.13 Å². The lowest BCUT2D eigenvalue weighted by Gasteiger charge is -2.24. The fourth-order valence-corrected chi connectivity index (χ4v) is 3.75. The molecule has 1 N–H and O–H groups in total. The molecule has 0 unspecified atom stereocenters. The Balaban J connectivity index is 1.42. The number of halogens is 3. The van der Waals surface area contributed by atoms with Gasteiger partial charge in [0.1, 0.15) is 0 Å². The van der Waals surface area contributed by atoms with E-state index in [4.69, 9.17) is 4.74 Å². The fraction of sp³-hybridized carbons (Fsp3) is 0.316. The predicted octanol–water partition coefficient (Wildman–Crippen LogP) is 3.43. The summed E-state index contributed by atoms with van der Waals surface area (Å²) in [6, 6.07) is 7.65. The summed E-state index contributed by atoms with van der Waals surface area (Å²) in [4.78, 5) is 16.1. The molecule has 0 spiro atoms. The number of nitrogens with one attached hydrogen (secondary N) is 1. The van der Waals surface area contributed by atoms with Gasteiger partial charge >= 0.3 is 6.18 Å². The maximum atomic E-state index is 12.7. The Morgan fingerprint density at radius 2 is 2.10 bits per heavy atom. The van der Waals surface area contributed by atoms with Crippen LogP contribution < -0.4 is 5.32 Å². The Morgan fingerprint density at radius 1 is 1.31 bits per heavy atom. The fourth-order valence-electron chi connectivity index (χ4n) is 2.99. The largest absolute Gasteiger partial charge is 0.434 e. The first kappa shape index (κ1) is 19.7. The molecule has 1 fully saturated rings. The number of thiazole rings is 1. The lowest BCUT2D eigenvalue weighted by atomic mass is 10.0. The maximum absolute atomic E-state index is 12.7. The number of alkyl halides is 3. The van der Waals surface area contributed by atoms with Crippen LogP contribution in [-0.2, 0) is 17.3 Å². The average Bonchev–Trinajstić information content (AvgIpc) is 3.39. The standard InChI is InChI=1S/C19H17F3N4O2S/c20-19(21,22)17-11-29-18(25-17)26-10-14(8-24-26)15(27)7-12-1-3-13(4-2-12)16-9-23-5-6-28-16/h1-4,8,10-11,16,23H,5-7,9H2/t16-/m1/s1. The summed E-state index contributed by atoms with van der Waals surface area (Å²) in [6.45, 7) is 2.26. The quantitative estimate of drug-likeness (QED) is 0.638. The molecule has 3 heterocycles. The summed E-state index contributed by atoms with van der Waals surface area (Å²) in [7, 11) is 0. The molecular weight excluding hydrogens is 405 g/mol. The molecule has 1 saturated heterocycles. The summed E-state index contributed by atoms with van der Waals surface area (Å²) < 4.78 is 45.0. The van der Waals surface area contributed by atoms with Crippen LogP contribution in [-0.4, -0.2) is 40.2 Å². The summed E-state index contributed by atoms with van der Waals surface area (Å²) in [5.41, 5.74) is 1.23. The first-order chi connectivity index (χ1) is 13.9. The number of ether oxygens (including phenoxy) is 1. The van der Waals surface area contributed by atoms with Gasteiger partial charge < -0.3 is 10.1 Å². The first-order valence-corrected chi connectivity index (χ1v) is 9.80. The van der Waals surface area contributed by atoms with Gasteiger partial charge in [-0.05, 0) is 11.1 Å². The number of aromatic nitrogens is 3. The van der Waals surface area contributed by atoms with Gasteiger partial charge in [0.05, 0.1) is 24.5 Å². The van der Waals surface area contributed by atoms with E-state index in [1.807, 2.05) is 24.3 Å². The lowest BCUT2D eigenvalue weighted by Crippen LogP contribution is -2.33. The molecule has 0 bridgehead atoms. The predicted molar refractivity (Wildman–Crippen MR) is 100 cm³/mol. The Hall–Kier alpha value is -2.56. The van der Waals surface area contributed by atoms with Crippen LogP contribution in [0.5, 0.6) is 0 Å². The first-order valence-electron chi connectivity index (χ1n) is 8.92. The van der Waals surface area contributed by atoms with Gasteiger partial charge in [-0.1, -0.05) is 24.3 Å². The molecule has 1 aliphatic heterocycles. The maximum Gasteiger partial charge on any atom is 0.434 e. The number of rotatable bonds is 5. The second-order valence-electron chi connectivity index (χ2n) is 6.59. The van der Waals surface area contributed by atoms with E-state index in [0.29, 0.717) is 12.2 Å². The number of ketones is 1. The molecule has 29 heavy (non-hydrogen) atoms. The van der Waals surface area contributed by atoms with Gasteiger partial charge in [-0.25, -0.2) is 9.67 Å². The zero-order chi connectivity index (χ0) is 20.4. The van der Waals surface area contributed by atoms with Crippen molar-refractivity contribution < 1.29 is 22.7 Å². The molecule has 4 rings (SSSR count). The van der Waals surface area contributed by atoms with Gasteiger partial charge in [-0.3, -0.25) is 4.79 Å². The number of Topliss-reactive ketones (excluding diaryl/α,β-unsaturated/α-hetero) is 1. The SMILES string of the molecule is O=C(Cc1ccc([C@H]2CNCCO2)cc1)c1cnn(-c2nc(C(F)(F)F)cs2)c1. The van der Waals surface area contributed by atoms with Crippen LogP contribution >= 0.6 is 11.3 Å². The van der Waals surface area contributed by atoms with Crippen molar-refractivity contribution in [3.8, 4) is 5.13 Å². The highest BCUT2D eigenvalue weighted by Crippen LogP contribution is 2.31. The zero-order valence-corrected chi connectivity index (χ0v) is 16.0.